The molecule has 0 aliphatic heterocycles. The van der Waals surface area contributed by atoms with Gasteiger partial charge < -0.3 is 33.8 Å². The molecule has 17 nitrogen and oxygen atoms in total. The van der Waals surface area contributed by atoms with Crippen LogP contribution in [0.2, 0.25) is 0 Å². The number of hydrogen-bond donors (Lipinski definition) is 3. The molecule has 0 aliphatic rings. The molecule has 0 radical (unpaired) electrons. The standard InChI is InChI=1S/C68H132O17P2/c1-9-61(8)47-39-31-23-14-10-11-15-25-34-42-50-67(72)84-63(54-78-65(70)48-40-32-24-18-17-21-29-37-45-59(4)5)56-82-86(74,75)80-52-62(69)53-81-87(76,77)83-57-64(55-79-66(71)49-41-33-27-19-22-30-38-46-60(6)7)85-68(73)51-43-35-26-16-12-13-20-28-36-44-58(2)3/h58-64,69H,9-57H2,1-8H3,(H,74,75)(H,76,77)/t61?,62?,63-,64-/m1/s1. The molecule has 0 aliphatic carbocycles. The second-order valence-electron chi connectivity index (χ2n) is 26.2. The van der Waals surface area contributed by atoms with E-state index in [2.05, 4.69) is 55.4 Å². The second kappa shape index (κ2) is 57.9. The van der Waals surface area contributed by atoms with Crippen LogP contribution in [0.5, 0.6) is 0 Å². The summed E-state index contributed by atoms with van der Waals surface area (Å²) >= 11 is 0. The van der Waals surface area contributed by atoms with Gasteiger partial charge in [0.15, 0.2) is 12.2 Å². The molecule has 0 aromatic rings. The van der Waals surface area contributed by atoms with E-state index in [9.17, 15) is 43.2 Å². The summed E-state index contributed by atoms with van der Waals surface area (Å²) in [4.78, 5) is 72.4. The fraction of sp³-hybridized carbons (Fsp3) is 0.941. The molecule has 0 heterocycles. The molecule has 0 aromatic carbocycles. The summed E-state index contributed by atoms with van der Waals surface area (Å²) < 4.78 is 68.2. The number of unbranched alkanes of at least 4 members (excludes halogenated alkanes) is 30. The third-order valence-corrected chi connectivity index (χ3v) is 17.8. The first-order valence-corrected chi connectivity index (χ1v) is 38.2. The fourth-order valence-electron chi connectivity index (χ4n) is 10.1. The predicted molar refractivity (Wildman–Crippen MR) is 349 cm³/mol. The largest absolute Gasteiger partial charge is 0.472 e. The fourth-order valence-corrected chi connectivity index (χ4v) is 11.7. The highest BCUT2D eigenvalue weighted by Crippen LogP contribution is 2.45. The number of carbonyl (C=O) groups excluding carboxylic acids is 4. The van der Waals surface area contributed by atoms with Crippen molar-refractivity contribution in [2.24, 2.45) is 23.7 Å². The van der Waals surface area contributed by atoms with Gasteiger partial charge in [-0.2, -0.15) is 0 Å². The van der Waals surface area contributed by atoms with E-state index in [1.807, 2.05) is 0 Å². The maximum Gasteiger partial charge on any atom is 0.472 e. The van der Waals surface area contributed by atoms with E-state index in [1.165, 1.54) is 128 Å². The molecule has 0 aromatic heterocycles. The molecule has 3 N–H and O–H groups in total. The number of hydrogen-bond acceptors (Lipinski definition) is 15. The molecule has 0 saturated heterocycles. The molecule has 19 heteroatoms. The Labute approximate surface area is 530 Å². The van der Waals surface area contributed by atoms with Gasteiger partial charge in [-0.05, 0) is 49.4 Å². The third kappa shape index (κ3) is 61.3. The van der Waals surface area contributed by atoms with Gasteiger partial charge in [0.1, 0.15) is 19.3 Å². The van der Waals surface area contributed by atoms with Crippen molar-refractivity contribution in [3.8, 4) is 0 Å². The van der Waals surface area contributed by atoms with Crippen molar-refractivity contribution in [2.45, 2.75) is 350 Å². The maximum atomic E-state index is 13.0. The number of esters is 4. The van der Waals surface area contributed by atoms with Crippen LogP contribution in [0.4, 0.5) is 0 Å². The first-order chi connectivity index (χ1) is 41.6. The minimum Gasteiger partial charge on any atom is -0.462 e. The molecule has 0 amide bonds. The number of phosphoric acid groups is 2. The zero-order valence-corrected chi connectivity index (χ0v) is 58.4. The minimum absolute atomic E-state index is 0.104. The van der Waals surface area contributed by atoms with Gasteiger partial charge >= 0.3 is 39.5 Å². The molecule has 0 rings (SSSR count). The average molecular weight is 1280 g/mol. The normalized spacial score (nSPS) is 14.6. The Balaban J connectivity index is 5.27. The Morgan fingerprint density at radius 3 is 0.816 bits per heavy atom. The molecular formula is C68H132O17P2. The smallest absolute Gasteiger partial charge is 0.462 e. The van der Waals surface area contributed by atoms with E-state index in [0.717, 1.165) is 114 Å². The van der Waals surface area contributed by atoms with Gasteiger partial charge in [-0.1, -0.05) is 280 Å². The van der Waals surface area contributed by atoms with Crippen LogP contribution in [-0.4, -0.2) is 96.7 Å². The van der Waals surface area contributed by atoms with Crippen molar-refractivity contribution in [1.29, 1.82) is 0 Å². The number of phosphoric ester groups is 2. The minimum atomic E-state index is -4.95. The van der Waals surface area contributed by atoms with E-state index in [4.69, 9.17) is 37.0 Å². The van der Waals surface area contributed by atoms with Crippen LogP contribution in [0.15, 0.2) is 0 Å². The molecule has 0 bridgehead atoms. The highest BCUT2D eigenvalue weighted by molar-refractivity contribution is 7.47. The lowest BCUT2D eigenvalue weighted by molar-refractivity contribution is -0.161. The Morgan fingerprint density at radius 2 is 0.552 bits per heavy atom. The Hall–Kier alpha value is -1.94. The number of aliphatic hydroxyl groups excluding tert-OH is 1. The lowest BCUT2D eigenvalue weighted by Gasteiger charge is -2.21. The molecule has 87 heavy (non-hydrogen) atoms. The Morgan fingerprint density at radius 1 is 0.322 bits per heavy atom. The van der Waals surface area contributed by atoms with Gasteiger partial charge in [0, 0.05) is 25.7 Å². The topological polar surface area (TPSA) is 237 Å². The summed E-state index contributed by atoms with van der Waals surface area (Å²) in [6, 6.07) is 0. The van der Waals surface area contributed by atoms with Crippen molar-refractivity contribution in [3.05, 3.63) is 0 Å². The molecule has 0 fully saturated rings. The second-order valence-corrected chi connectivity index (χ2v) is 29.1. The lowest BCUT2D eigenvalue weighted by Crippen LogP contribution is -2.30. The molecule has 6 atom stereocenters. The highest BCUT2D eigenvalue weighted by atomic mass is 31.2. The third-order valence-electron chi connectivity index (χ3n) is 15.9. The van der Waals surface area contributed by atoms with Crippen LogP contribution in [0.25, 0.3) is 0 Å². The van der Waals surface area contributed by atoms with Gasteiger partial charge in [-0.25, -0.2) is 9.13 Å². The van der Waals surface area contributed by atoms with E-state index < -0.39 is 97.5 Å². The van der Waals surface area contributed by atoms with E-state index in [-0.39, 0.29) is 25.7 Å². The zero-order valence-electron chi connectivity index (χ0n) is 56.6. The number of aliphatic hydroxyl groups is 1. The molecular weight excluding hydrogens is 1150 g/mol. The van der Waals surface area contributed by atoms with Crippen molar-refractivity contribution < 1.29 is 80.2 Å². The molecule has 4 unspecified atom stereocenters. The quantitative estimate of drug-likeness (QED) is 0.0222. The average Bonchev–Trinajstić information content (AvgIpc) is 3.69. The van der Waals surface area contributed by atoms with Crippen molar-refractivity contribution >= 4 is 39.5 Å². The van der Waals surface area contributed by atoms with Gasteiger partial charge in [-0.3, -0.25) is 37.3 Å². The maximum absolute atomic E-state index is 13.0. The number of ether oxygens (including phenoxy) is 4. The van der Waals surface area contributed by atoms with Crippen LogP contribution in [0.1, 0.15) is 331 Å². The number of carbonyl (C=O) groups is 4. The molecule has 0 saturated carbocycles. The zero-order chi connectivity index (χ0) is 64.7. The van der Waals surface area contributed by atoms with Crippen LogP contribution in [0.3, 0.4) is 0 Å². The van der Waals surface area contributed by atoms with E-state index in [1.54, 1.807) is 0 Å². The lowest BCUT2D eigenvalue weighted by atomic mass is 9.99. The van der Waals surface area contributed by atoms with Gasteiger partial charge in [0.25, 0.3) is 0 Å². The predicted octanol–water partition coefficient (Wildman–Crippen LogP) is 18.9. The Bertz CT molecular complexity index is 1730. The first-order valence-electron chi connectivity index (χ1n) is 35.2. The summed E-state index contributed by atoms with van der Waals surface area (Å²) in [6.45, 7) is 14.0. The van der Waals surface area contributed by atoms with E-state index >= 15 is 0 Å². The van der Waals surface area contributed by atoms with Gasteiger partial charge in [0.05, 0.1) is 26.4 Å². The van der Waals surface area contributed by atoms with Gasteiger partial charge in [0.2, 0.25) is 0 Å². The first kappa shape index (κ1) is 85.1. The molecule has 516 valence electrons. The van der Waals surface area contributed by atoms with Crippen LogP contribution in [0, 0.1) is 23.7 Å². The van der Waals surface area contributed by atoms with Gasteiger partial charge in [-0.15, -0.1) is 0 Å². The van der Waals surface area contributed by atoms with Crippen molar-refractivity contribution in [3.63, 3.8) is 0 Å². The van der Waals surface area contributed by atoms with Crippen LogP contribution < -0.4 is 0 Å². The van der Waals surface area contributed by atoms with Crippen LogP contribution in [-0.2, 0) is 65.4 Å². The molecule has 0 spiro atoms. The van der Waals surface area contributed by atoms with Crippen LogP contribution >= 0.6 is 15.6 Å². The summed E-state index contributed by atoms with van der Waals surface area (Å²) in [5, 5.41) is 10.6. The van der Waals surface area contributed by atoms with E-state index in [0.29, 0.717) is 31.6 Å². The van der Waals surface area contributed by atoms with Crippen molar-refractivity contribution in [2.75, 3.05) is 39.6 Å². The Kier molecular flexibility index (Phi) is 56.6. The van der Waals surface area contributed by atoms with Crippen molar-refractivity contribution in [1.82, 2.24) is 0 Å². The summed E-state index contributed by atoms with van der Waals surface area (Å²) in [7, 11) is -9.90. The summed E-state index contributed by atoms with van der Waals surface area (Å²) in [5.74, 6) is 0.837. The SMILES string of the molecule is CCC(C)CCCCCCCCCCCCC(=O)O[C@H](COC(=O)CCCCCCCCCCC(C)C)COP(=O)(O)OCC(O)COP(=O)(O)OC[C@@H](COC(=O)CCCCCCCCCC(C)C)OC(=O)CCCCCCCCCCCC(C)C. The summed E-state index contributed by atoms with van der Waals surface area (Å²) in [6.07, 6.45) is 39.0. The monoisotopic (exact) mass is 1280 g/mol. The highest BCUT2D eigenvalue weighted by Gasteiger charge is 2.30. The summed E-state index contributed by atoms with van der Waals surface area (Å²) in [5.41, 5.74) is 0. The number of rotatable bonds is 65.